The van der Waals surface area contributed by atoms with E-state index in [0.717, 1.165) is 16.9 Å². The first-order valence-electron chi connectivity index (χ1n) is 6.46. The van der Waals surface area contributed by atoms with Crippen molar-refractivity contribution in [3.63, 3.8) is 0 Å². The van der Waals surface area contributed by atoms with E-state index in [2.05, 4.69) is 10.3 Å². The molecule has 0 aliphatic carbocycles. The Morgan fingerprint density at radius 2 is 2.11 bits per heavy atom. The Labute approximate surface area is 112 Å². The molecule has 2 aromatic rings. The summed E-state index contributed by atoms with van der Waals surface area (Å²) < 4.78 is 2.01. The van der Waals surface area contributed by atoms with E-state index < -0.39 is 0 Å². The van der Waals surface area contributed by atoms with Gasteiger partial charge in [-0.1, -0.05) is 19.1 Å². The number of amides is 1. The molecular weight excluding hydrogens is 240 g/mol. The van der Waals surface area contributed by atoms with Crippen molar-refractivity contribution in [2.75, 3.05) is 6.54 Å². The predicted molar refractivity (Wildman–Crippen MR) is 75.5 cm³/mol. The number of nitrogens with zero attached hydrogens (tertiary/aromatic N) is 2. The molecule has 5 nitrogen and oxygen atoms in total. The third-order valence-corrected chi connectivity index (χ3v) is 3.37. The zero-order valence-corrected chi connectivity index (χ0v) is 11.6. The van der Waals surface area contributed by atoms with Crippen molar-refractivity contribution in [3.8, 4) is 0 Å². The van der Waals surface area contributed by atoms with E-state index in [-0.39, 0.29) is 17.9 Å². The van der Waals surface area contributed by atoms with Gasteiger partial charge in [0.25, 0.3) is 0 Å². The van der Waals surface area contributed by atoms with Crippen LogP contribution in [-0.2, 0) is 11.8 Å². The first-order valence-corrected chi connectivity index (χ1v) is 6.46. The van der Waals surface area contributed by atoms with E-state index in [0.29, 0.717) is 6.54 Å². The molecule has 1 aromatic carbocycles. The van der Waals surface area contributed by atoms with Gasteiger partial charge in [0.1, 0.15) is 5.82 Å². The number of rotatable bonds is 4. The van der Waals surface area contributed by atoms with E-state index in [1.165, 1.54) is 0 Å². The molecule has 1 amide bonds. The maximum absolute atomic E-state index is 11.9. The zero-order chi connectivity index (χ0) is 14.0. The van der Waals surface area contributed by atoms with Crippen LogP contribution in [0.1, 0.15) is 25.7 Å². The molecule has 1 heterocycles. The van der Waals surface area contributed by atoms with Crippen LogP contribution in [0.3, 0.4) is 0 Å². The molecule has 5 heteroatoms. The molecule has 0 bridgehead atoms. The minimum absolute atomic E-state index is 0.0398. The second-order valence-corrected chi connectivity index (χ2v) is 4.88. The van der Waals surface area contributed by atoms with Gasteiger partial charge >= 0.3 is 0 Å². The molecule has 0 fully saturated rings. The lowest BCUT2D eigenvalue weighted by molar-refractivity contribution is -0.124. The van der Waals surface area contributed by atoms with Crippen LogP contribution in [0, 0.1) is 5.92 Å². The average molecular weight is 260 g/mol. The Hall–Kier alpha value is -1.88. The quantitative estimate of drug-likeness (QED) is 0.871. The number of nitrogens with one attached hydrogen (secondary N) is 1. The Balaban J connectivity index is 2.24. The molecule has 3 N–H and O–H groups in total. The number of aryl methyl sites for hydroxylation is 1. The van der Waals surface area contributed by atoms with Crippen molar-refractivity contribution in [1.29, 1.82) is 0 Å². The van der Waals surface area contributed by atoms with Gasteiger partial charge in [0.05, 0.1) is 17.1 Å². The number of imidazole rings is 1. The van der Waals surface area contributed by atoms with Crippen LogP contribution in [0.2, 0.25) is 0 Å². The summed E-state index contributed by atoms with van der Waals surface area (Å²) in [6, 6.07) is 7.78. The first-order chi connectivity index (χ1) is 9.04. The van der Waals surface area contributed by atoms with Crippen molar-refractivity contribution in [2.45, 2.75) is 19.9 Å². The fourth-order valence-corrected chi connectivity index (χ4v) is 2.08. The first kappa shape index (κ1) is 13.5. The summed E-state index contributed by atoms with van der Waals surface area (Å²) in [5.41, 5.74) is 7.50. The third-order valence-electron chi connectivity index (χ3n) is 3.37. The van der Waals surface area contributed by atoms with Gasteiger partial charge in [0, 0.05) is 19.5 Å². The highest BCUT2D eigenvalue weighted by Gasteiger charge is 2.18. The van der Waals surface area contributed by atoms with Crippen molar-refractivity contribution >= 4 is 16.9 Å². The number of carbonyl (C=O) groups is 1. The van der Waals surface area contributed by atoms with E-state index in [4.69, 9.17) is 5.73 Å². The van der Waals surface area contributed by atoms with Gasteiger partial charge in [-0.25, -0.2) is 4.98 Å². The number of aromatic nitrogens is 2. The molecule has 0 saturated carbocycles. The van der Waals surface area contributed by atoms with Crippen LogP contribution in [-0.4, -0.2) is 22.0 Å². The second kappa shape index (κ2) is 5.40. The highest BCUT2D eigenvalue weighted by molar-refractivity contribution is 5.79. The van der Waals surface area contributed by atoms with Crippen molar-refractivity contribution in [1.82, 2.24) is 14.9 Å². The lowest BCUT2D eigenvalue weighted by Crippen LogP contribution is -2.35. The van der Waals surface area contributed by atoms with Crippen LogP contribution in [0.25, 0.3) is 11.0 Å². The average Bonchev–Trinajstić information content (AvgIpc) is 2.75. The Kier molecular flexibility index (Phi) is 3.85. The van der Waals surface area contributed by atoms with Crippen molar-refractivity contribution in [2.24, 2.45) is 18.7 Å². The summed E-state index contributed by atoms with van der Waals surface area (Å²) in [5.74, 6) is 0.623. The van der Waals surface area contributed by atoms with E-state index >= 15 is 0 Å². The number of hydrogen-bond acceptors (Lipinski definition) is 3. The molecule has 0 aliphatic heterocycles. The molecule has 0 spiro atoms. The maximum atomic E-state index is 11.9. The van der Waals surface area contributed by atoms with E-state index in [1.54, 1.807) is 0 Å². The Bertz CT molecular complexity index is 590. The summed E-state index contributed by atoms with van der Waals surface area (Å²) >= 11 is 0. The van der Waals surface area contributed by atoms with Crippen LogP contribution in [0.5, 0.6) is 0 Å². The molecule has 1 aromatic heterocycles. The van der Waals surface area contributed by atoms with E-state index in [9.17, 15) is 4.79 Å². The minimum atomic E-state index is -0.183. The lowest BCUT2D eigenvalue weighted by Gasteiger charge is -2.16. The van der Waals surface area contributed by atoms with Crippen LogP contribution < -0.4 is 11.1 Å². The number of fused-ring (bicyclic) bond motifs is 1. The molecule has 19 heavy (non-hydrogen) atoms. The summed E-state index contributed by atoms with van der Waals surface area (Å²) in [6.45, 7) is 4.10. The van der Waals surface area contributed by atoms with Gasteiger partial charge in [-0.2, -0.15) is 0 Å². The number of nitrogens with two attached hydrogens (primary N) is 1. The van der Waals surface area contributed by atoms with Gasteiger partial charge < -0.3 is 15.6 Å². The second-order valence-electron chi connectivity index (χ2n) is 4.88. The van der Waals surface area contributed by atoms with Gasteiger partial charge in [0.2, 0.25) is 5.91 Å². The van der Waals surface area contributed by atoms with Crippen LogP contribution in [0.4, 0.5) is 0 Å². The minimum Gasteiger partial charge on any atom is -0.346 e. The normalized spacial score (nSPS) is 14.3. The highest BCUT2D eigenvalue weighted by Crippen LogP contribution is 2.19. The molecule has 102 valence electrons. The lowest BCUT2D eigenvalue weighted by atomic mass is 10.1. The SMILES string of the molecule is CC(CN)C(=O)NC(C)c1nc2ccccc2n1C. The highest BCUT2D eigenvalue weighted by atomic mass is 16.1. The van der Waals surface area contributed by atoms with Crippen LogP contribution >= 0.6 is 0 Å². The monoisotopic (exact) mass is 260 g/mol. The van der Waals surface area contributed by atoms with Gasteiger partial charge in [-0.05, 0) is 19.1 Å². The standard InChI is InChI=1S/C14H20N4O/c1-9(8-15)14(19)16-10(2)13-17-11-6-4-5-7-12(11)18(13)3/h4-7,9-10H,8,15H2,1-3H3,(H,16,19). The summed E-state index contributed by atoms with van der Waals surface area (Å²) in [6.07, 6.45) is 0. The fraction of sp³-hybridized carbons (Fsp3) is 0.429. The number of para-hydroxylation sites is 2. The number of carbonyl (C=O) groups excluding carboxylic acids is 1. The molecule has 2 unspecified atom stereocenters. The molecule has 0 radical (unpaired) electrons. The molecule has 0 saturated heterocycles. The largest absolute Gasteiger partial charge is 0.346 e. The van der Waals surface area contributed by atoms with E-state index in [1.807, 2.05) is 49.7 Å². The number of benzene rings is 1. The summed E-state index contributed by atoms with van der Waals surface area (Å²) in [4.78, 5) is 16.4. The van der Waals surface area contributed by atoms with Crippen LogP contribution in [0.15, 0.2) is 24.3 Å². The van der Waals surface area contributed by atoms with Crippen molar-refractivity contribution in [3.05, 3.63) is 30.1 Å². The van der Waals surface area contributed by atoms with Gasteiger partial charge in [-0.3, -0.25) is 4.79 Å². The molecular formula is C14H20N4O. The number of hydrogen-bond donors (Lipinski definition) is 2. The Morgan fingerprint density at radius 3 is 2.74 bits per heavy atom. The molecule has 0 aliphatic rings. The topological polar surface area (TPSA) is 72.9 Å². The third kappa shape index (κ3) is 2.61. The Morgan fingerprint density at radius 1 is 1.42 bits per heavy atom. The fourth-order valence-electron chi connectivity index (χ4n) is 2.08. The maximum Gasteiger partial charge on any atom is 0.224 e. The zero-order valence-electron chi connectivity index (χ0n) is 11.6. The predicted octanol–water partition coefficient (Wildman–Crippen LogP) is 1.35. The van der Waals surface area contributed by atoms with Gasteiger partial charge in [-0.15, -0.1) is 0 Å². The molecule has 2 atom stereocenters. The smallest absolute Gasteiger partial charge is 0.224 e. The molecule has 2 rings (SSSR count). The van der Waals surface area contributed by atoms with Gasteiger partial charge in [0.15, 0.2) is 0 Å². The summed E-state index contributed by atoms with van der Waals surface area (Å²) in [5, 5.41) is 2.95. The summed E-state index contributed by atoms with van der Waals surface area (Å²) in [7, 11) is 1.96. The van der Waals surface area contributed by atoms with Crippen molar-refractivity contribution < 1.29 is 4.79 Å².